The minimum Gasteiger partial charge on any atom is -0.494 e. The lowest BCUT2D eigenvalue weighted by Gasteiger charge is -2.30. The maximum absolute atomic E-state index is 13.8. The number of benzene rings is 2. The van der Waals surface area contributed by atoms with E-state index in [4.69, 9.17) is 18.9 Å². The zero-order chi connectivity index (χ0) is 28.7. The Labute approximate surface area is 242 Å². The van der Waals surface area contributed by atoms with Gasteiger partial charge in [0.15, 0.2) is 6.29 Å². The van der Waals surface area contributed by atoms with Crippen molar-refractivity contribution in [2.75, 3.05) is 32.9 Å². The van der Waals surface area contributed by atoms with Crippen LogP contribution in [0.1, 0.15) is 44.1 Å². The highest BCUT2D eigenvalue weighted by atomic mass is 32.2. The highest BCUT2D eigenvalue weighted by Crippen LogP contribution is 2.33. The van der Waals surface area contributed by atoms with Gasteiger partial charge in [-0.25, -0.2) is 13.2 Å². The van der Waals surface area contributed by atoms with E-state index >= 15 is 0 Å². The number of rotatable bonds is 7. The van der Waals surface area contributed by atoms with Gasteiger partial charge in [-0.2, -0.15) is 4.31 Å². The average Bonchev–Trinajstić information content (AvgIpc) is 3.59. The lowest BCUT2D eigenvalue weighted by Crippen LogP contribution is -2.51. The Hall–Kier alpha value is -2.70. The molecule has 2 bridgehead atoms. The molecule has 3 aliphatic heterocycles. The highest BCUT2D eigenvalue weighted by Gasteiger charge is 2.44. The van der Waals surface area contributed by atoms with E-state index in [1.54, 1.807) is 18.2 Å². The SMILES string of the molecule is O=C(N[C@@H](Cc1ccccc1)[C@H](O)CN1CCCCCCCOc2cccc(c2)S1(=O)=O)O[C@H]1CO[C@H]2OCCC21. The molecule has 0 spiro atoms. The number of sulfonamides is 1. The van der Waals surface area contributed by atoms with Crippen LogP contribution in [0.3, 0.4) is 0 Å². The molecule has 11 heteroatoms. The first kappa shape index (κ1) is 29.8. The Morgan fingerprint density at radius 1 is 1.02 bits per heavy atom. The van der Waals surface area contributed by atoms with Crippen LogP contribution in [0.5, 0.6) is 5.75 Å². The summed E-state index contributed by atoms with van der Waals surface area (Å²) in [5.41, 5.74) is 0.892. The van der Waals surface area contributed by atoms with Gasteiger partial charge < -0.3 is 29.4 Å². The fraction of sp³-hybridized carbons (Fsp3) is 0.567. The number of hydrogen-bond acceptors (Lipinski definition) is 8. The smallest absolute Gasteiger partial charge is 0.407 e. The zero-order valence-electron chi connectivity index (χ0n) is 23.2. The van der Waals surface area contributed by atoms with E-state index in [2.05, 4.69) is 5.32 Å². The van der Waals surface area contributed by atoms with Crippen LogP contribution in [-0.2, 0) is 30.7 Å². The maximum Gasteiger partial charge on any atom is 0.407 e. The van der Waals surface area contributed by atoms with Gasteiger partial charge in [0.1, 0.15) is 11.9 Å². The summed E-state index contributed by atoms with van der Waals surface area (Å²) in [5, 5.41) is 14.3. The molecule has 2 saturated heterocycles. The normalized spacial score (nSPS) is 26.3. The van der Waals surface area contributed by atoms with Crippen LogP contribution >= 0.6 is 0 Å². The number of β-amino-alcohol motifs (C(OH)–C–C–N with tert-alkyl or cyclic N) is 1. The van der Waals surface area contributed by atoms with Crippen molar-refractivity contribution in [3.63, 3.8) is 0 Å². The third-order valence-corrected chi connectivity index (χ3v) is 9.83. The molecule has 1 unspecified atom stereocenters. The Balaban J connectivity index is 1.33. The van der Waals surface area contributed by atoms with Gasteiger partial charge in [-0.15, -0.1) is 0 Å². The third-order valence-electron chi connectivity index (χ3n) is 7.96. The fourth-order valence-electron chi connectivity index (χ4n) is 5.65. The molecule has 0 aromatic heterocycles. The van der Waals surface area contributed by atoms with Crippen molar-refractivity contribution in [2.24, 2.45) is 5.92 Å². The van der Waals surface area contributed by atoms with Gasteiger partial charge >= 0.3 is 6.09 Å². The van der Waals surface area contributed by atoms with E-state index in [0.717, 1.165) is 37.7 Å². The third kappa shape index (κ3) is 7.78. The van der Waals surface area contributed by atoms with Gasteiger partial charge in [-0.3, -0.25) is 0 Å². The molecule has 0 aliphatic carbocycles. The van der Waals surface area contributed by atoms with Crippen molar-refractivity contribution in [2.45, 2.75) is 74.4 Å². The van der Waals surface area contributed by atoms with E-state index in [0.29, 0.717) is 31.8 Å². The van der Waals surface area contributed by atoms with Gasteiger partial charge in [-0.05, 0) is 43.4 Å². The molecule has 224 valence electrons. The molecule has 1 amide bonds. The Bertz CT molecular complexity index is 1240. The standard InChI is InChI=1S/C30H40N2O8S/c33-27(20-32-15-7-2-1-3-8-16-37-23-12-9-13-24(19-23)41(32,35)36)26(18-22-10-5-4-6-11-22)31-30(34)40-28-21-39-29-25(28)14-17-38-29/h4-6,9-13,19,25-29,33H,1-3,7-8,14-18,20-21H2,(H,31,34)/t25?,26-,27+,28-,29+/m0/s1. The minimum absolute atomic E-state index is 0.0188. The number of carbonyl (C=O) groups excluding carboxylic acids is 1. The molecule has 2 aromatic rings. The van der Waals surface area contributed by atoms with E-state index in [-0.39, 0.29) is 36.8 Å². The van der Waals surface area contributed by atoms with Crippen LogP contribution in [0.15, 0.2) is 59.5 Å². The Morgan fingerprint density at radius 3 is 2.68 bits per heavy atom. The fourth-order valence-corrected chi connectivity index (χ4v) is 7.18. The summed E-state index contributed by atoms with van der Waals surface area (Å²) in [4.78, 5) is 13.1. The summed E-state index contributed by atoms with van der Waals surface area (Å²) in [7, 11) is -3.94. The molecular weight excluding hydrogens is 548 g/mol. The molecule has 0 saturated carbocycles. The van der Waals surface area contributed by atoms with Gasteiger partial charge in [0, 0.05) is 19.2 Å². The Morgan fingerprint density at radius 2 is 1.83 bits per heavy atom. The first-order valence-corrected chi connectivity index (χ1v) is 16.0. The lowest BCUT2D eigenvalue weighted by molar-refractivity contribution is -0.0907. The van der Waals surface area contributed by atoms with Gasteiger partial charge in [0.25, 0.3) is 0 Å². The maximum atomic E-state index is 13.8. The van der Waals surface area contributed by atoms with E-state index in [1.807, 2.05) is 30.3 Å². The minimum atomic E-state index is -3.94. The molecule has 3 heterocycles. The van der Waals surface area contributed by atoms with Crippen molar-refractivity contribution >= 4 is 16.1 Å². The largest absolute Gasteiger partial charge is 0.494 e. The van der Waals surface area contributed by atoms with E-state index in [1.165, 1.54) is 10.4 Å². The molecule has 2 fully saturated rings. The van der Waals surface area contributed by atoms with E-state index < -0.39 is 34.4 Å². The van der Waals surface area contributed by atoms with Crippen molar-refractivity contribution in [1.82, 2.24) is 9.62 Å². The van der Waals surface area contributed by atoms with Gasteiger partial charge in [0.2, 0.25) is 10.0 Å². The van der Waals surface area contributed by atoms with Gasteiger partial charge in [-0.1, -0.05) is 55.7 Å². The summed E-state index contributed by atoms with van der Waals surface area (Å²) >= 11 is 0. The molecule has 0 radical (unpaired) electrons. The monoisotopic (exact) mass is 588 g/mol. The second-order valence-corrected chi connectivity index (χ2v) is 12.9. The summed E-state index contributed by atoms with van der Waals surface area (Å²) in [6.45, 7) is 1.43. The topological polar surface area (TPSA) is 124 Å². The Kier molecular flexibility index (Phi) is 10.2. The van der Waals surface area contributed by atoms with Crippen LogP contribution < -0.4 is 10.1 Å². The number of carbonyl (C=O) groups is 1. The molecule has 10 nitrogen and oxygen atoms in total. The molecule has 3 aliphatic rings. The summed E-state index contributed by atoms with van der Waals surface area (Å²) in [6.07, 6.45) is 2.78. The van der Waals surface area contributed by atoms with E-state index in [9.17, 15) is 18.3 Å². The van der Waals surface area contributed by atoms with Crippen LogP contribution in [0.25, 0.3) is 0 Å². The number of nitrogens with one attached hydrogen (secondary N) is 1. The van der Waals surface area contributed by atoms with Crippen LogP contribution in [0, 0.1) is 5.92 Å². The van der Waals surface area contributed by atoms with Crippen LogP contribution in [-0.4, -0.2) is 81.4 Å². The first-order chi connectivity index (χ1) is 19.9. The number of hydrogen-bond donors (Lipinski definition) is 2. The van der Waals surface area contributed by atoms with Crippen molar-refractivity contribution in [3.8, 4) is 5.75 Å². The van der Waals surface area contributed by atoms with Gasteiger partial charge in [0.05, 0.1) is 42.8 Å². The zero-order valence-corrected chi connectivity index (χ0v) is 24.0. The number of alkyl carbamates (subject to hydrolysis) is 1. The highest BCUT2D eigenvalue weighted by molar-refractivity contribution is 7.89. The predicted octanol–water partition coefficient (Wildman–Crippen LogP) is 3.48. The number of nitrogens with zero attached hydrogens (tertiary/aromatic N) is 1. The number of aliphatic hydroxyl groups excluding tert-OH is 1. The molecule has 5 rings (SSSR count). The van der Waals surface area contributed by atoms with Crippen molar-refractivity contribution in [1.29, 1.82) is 0 Å². The molecule has 41 heavy (non-hydrogen) atoms. The second-order valence-electron chi connectivity index (χ2n) is 10.9. The first-order valence-electron chi connectivity index (χ1n) is 14.6. The molecule has 2 N–H and O–H groups in total. The number of aliphatic hydroxyl groups is 1. The number of ether oxygens (including phenoxy) is 4. The second kappa shape index (κ2) is 14.0. The summed E-state index contributed by atoms with van der Waals surface area (Å²) in [5.74, 6) is 0.484. The number of fused-ring (bicyclic) bond motifs is 3. The van der Waals surface area contributed by atoms with Crippen molar-refractivity contribution < 1.29 is 37.3 Å². The summed E-state index contributed by atoms with van der Waals surface area (Å²) < 4.78 is 51.5. The molecule has 5 atom stereocenters. The molecule has 2 aromatic carbocycles. The summed E-state index contributed by atoms with van der Waals surface area (Å²) in [6, 6.07) is 15.2. The van der Waals surface area contributed by atoms with Crippen molar-refractivity contribution in [3.05, 3.63) is 60.2 Å². The van der Waals surface area contributed by atoms with Crippen LogP contribution in [0.4, 0.5) is 4.79 Å². The number of amides is 1. The molecular formula is C30H40N2O8S. The average molecular weight is 589 g/mol. The van der Waals surface area contributed by atoms with Crippen LogP contribution in [0.2, 0.25) is 0 Å². The quantitative estimate of drug-likeness (QED) is 0.504. The predicted molar refractivity (Wildman–Crippen MR) is 151 cm³/mol. The lowest BCUT2D eigenvalue weighted by atomic mass is 10.0.